The van der Waals surface area contributed by atoms with Gasteiger partial charge in [-0.05, 0) is 49.9 Å². The van der Waals surface area contributed by atoms with Gasteiger partial charge in [-0.25, -0.2) is 4.98 Å². The van der Waals surface area contributed by atoms with E-state index < -0.39 is 0 Å². The first-order chi connectivity index (χ1) is 13.2. The van der Waals surface area contributed by atoms with Crippen molar-refractivity contribution in [1.82, 2.24) is 18.9 Å². The SMILES string of the molecule is CCCCn1ccc2nc(Nc3cc(C)ns3)nc(NC3CCCCC3)c21. The number of rotatable bonds is 7. The van der Waals surface area contributed by atoms with Gasteiger partial charge in [0.2, 0.25) is 5.95 Å². The third kappa shape index (κ3) is 4.24. The van der Waals surface area contributed by atoms with E-state index in [1.807, 2.05) is 13.0 Å². The van der Waals surface area contributed by atoms with Gasteiger partial charge in [0.25, 0.3) is 0 Å². The zero-order valence-electron chi connectivity index (χ0n) is 16.2. The first-order valence-electron chi connectivity index (χ1n) is 10.1. The van der Waals surface area contributed by atoms with Gasteiger partial charge in [0.05, 0.1) is 11.2 Å². The Morgan fingerprint density at radius 3 is 2.81 bits per heavy atom. The molecule has 0 unspecified atom stereocenters. The molecule has 2 N–H and O–H groups in total. The first kappa shape index (κ1) is 18.2. The second kappa shape index (κ2) is 8.25. The van der Waals surface area contributed by atoms with Gasteiger partial charge < -0.3 is 15.2 Å². The lowest BCUT2D eigenvalue weighted by Crippen LogP contribution is -2.23. The quantitative estimate of drug-likeness (QED) is 0.564. The molecule has 6 nitrogen and oxygen atoms in total. The summed E-state index contributed by atoms with van der Waals surface area (Å²) in [6.45, 7) is 5.22. The van der Waals surface area contributed by atoms with Crippen LogP contribution >= 0.6 is 11.5 Å². The van der Waals surface area contributed by atoms with Gasteiger partial charge in [0.15, 0.2) is 5.82 Å². The molecule has 0 aliphatic heterocycles. The second-order valence-corrected chi connectivity index (χ2v) is 8.23. The summed E-state index contributed by atoms with van der Waals surface area (Å²) in [5.74, 6) is 1.59. The Kier molecular flexibility index (Phi) is 5.57. The molecule has 3 aromatic rings. The van der Waals surface area contributed by atoms with Crippen molar-refractivity contribution in [3.05, 3.63) is 24.0 Å². The van der Waals surface area contributed by atoms with Crippen molar-refractivity contribution in [3.8, 4) is 0 Å². The fourth-order valence-corrected chi connectivity index (χ4v) is 4.41. The number of anilines is 3. The summed E-state index contributed by atoms with van der Waals surface area (Å²) >= 11 is 1.44. The van der Waals surface area contributed by atoms with Crippen LogP contribution < -0.4 is 10.6 Å². The van der Waals surface area contributed by atoms with Crippen LogP contribution in [0.5, 0.6) is 0 Å². The van der Waals surface area contributed by atoms with E-state index in [9.17, 15) is 0 Å². The molecule has 1 fully saturated rings. The van der Waals surface area contributed by atoms with E-state index in [1.165, 1.54) is 50.1 Å². The standard InChI is InChI=1S/C20H28N6S/c1-3-4-11-26-12-10-16-18(26)19(21-15-8-6-5-7-9-15)24-20(22-16)23-17-13-14(2)25-27-17/h10,12-13,15H,3-9,11H2,1-2H3,(H2,21,22,23,24). The Hall–Kier alpha value is -2.15. The molecular weight excluding hydrogens is 356 g/mol. The summed E-state index contributed by atoms with van der Waals surface area (Å²) in [5.41, 5.74) is 3.12. The minimum atomic E-state index is 0.505. The van der Waals surface area contributed by atoms with Crippen molar-refractivity contribution < 1.29 is 0 Å². The van der Waals surface area contributed by atoms with Crippen LogP contribution in [0.15, 0.2) is 18.3 Å². The molecule has 0 saturated heterocycles. The smallest absolute Gasteiger partial charge is 0.230 e. The Morgan fingerprint density at radius 2 is 2.07 bits per heavy atom. The summed E-state index contributed by atoms with van der Waals surface area (Å²) in [4.78, 5) is 9.62. The van der Waals surface area contributed by atoms with Crippen LogP contribution in [0.3, 0.4) is 0 Å². The van der Waals surface area contributed by atoms with Crippen LogP contribution in [0.1, 0.15) is 57.6 Å². The molecule has 0 spiro atoms. The van der Waals surface area contributed by atoms with Crippen LogP contribution in [-0.2, 0) is 6.54 Å². The summed E-state index contributed by atoms with van der Waals surface area (Å²) in [6.07, 6.45) is 10.9. The lowest BCUT2D eigenvalue weighted by molar-refractivity contribution is 0.462. The summed E-state index contributed by atoms with van der Waals surface area (Å²) in [6, 6.07) is 4.63. The third-order valence-corrected chi connectivity index (χ3v) is 5.97. The maximum absolute atomic E-state index is 4.87. The summed E-state index contributed by atoms with van der Waals surface area (Å²) < 4.78 is 6.63. The summed E-state index contributed by atoms with van der Waals surface area (Å²) in [7, 11) is 0. The fourth-order valence-electron chi connectivity index (χ4n) is 3.75. The fraction of sp³-hybridized carbons (Fsp3) is 0.550. The van der Waals surface area contributed by atoms with E-state index in [2.05, 4.69) is 38.8 Å². The lowest BCUT2D eigenvalue weighted by atomic mass is 9.95. The predicted octanol–water partition coefficient (Wildman–Crippen LogP) is 5.48. The van der Waals surface area contributed by atoms with Crippen molar-refractivity contribution in [2.45, 2.75) is 71.4 Å². The zero-order valence-corrected chi connectivity index (χ0v) is 17.0. The minimum Gasteiger partial charge on any atom is -0.365 e. The molecule has 1 aliphatic rings. The third-order valence-electron chi connectivity index (χ3n) is 5.17. The number of fused-ring (bicyclic) bond motifs is 1. The average Bonchev–Trinajstić information content (AvgIpc) is 3.27. The monoisotopic (exact) mass is 384 g/mol. The largest absolute Gasteiger partial charge is 0.365 e. The predicted molar refractivity (Wildman–Crippen MR) is 113 cm³/mol. The molecule has 0 atom stereocenters. The molecule has 0 radical (unpaired) electrons. The van der Waals surface area contributed by atoms with Crippen LogP contribution in [-0.4, -0.2) is 25.0 Å². The molecule has 7 heteroatoms. The number of nitrogens with one attached hydrogen (secondary N) is 2. The van der Waals surface area contributed by atoms with Gasteiger partial charge in [-0.2, -0.15) is 9.36 Å². The van der Waals surface area contributed by atoms with E-state index >= 15 is 0 Å². The summed E-state index contributed by atoms with van der Waals surface area (Å²) in [5, 5.41) is 8.04. The van der Waals surface area contributed by atoms with E-state index in [1.54, 1.807) is 0 Å². The van der Waals surface area contributed by atoms with Gasteiger partial charge in [-0.3, -0.25) is 0 Å². The number of nitrogens with zero attached hydrogens (tertiary/aromatic N) is 4. The van der Waals surface area contributed by atoms with Crippen molar-refractivity contribution in [2.24, 2.45) is 0 Å². The number of hydrogen-bond acceptors (Lipinski definition) is 6. The molecule has 1 aliphatic carbocycles. The Labute approximate surface area is 164 Å². The number of aryl methyl sites for hydroxylation is 2. The molecular formula is C20H28N6S. The minimum absolute atomic E-state index is 0.505. The molecule has 0 amide bonds. The van der Waals surface area contributed by atoms with E-state index in [4.69, 9.17) is 9.97 Å². The Morgan fingerprint density at radius 1 is 1.22 bits per heavy atom. The van der Waals surface area contributed by atoms with Gasteiger partial charge in [0, 0.05) is 18.8 Å². The highest BCUT2D eigenvalue weighted by molar-refractivity contribution is 7.10. The van der Waals surface area contributed by atoms with Gasteiger partial charge in [-0.15, -0.1) is 0 Å². The molecule has 1 saturated carbocycles. The molecule has 27 heavy (non-hydrogen) atoms. The maximum Gasteiger partial charge on any atom is 0.230 e. The van der Waals surface area contributed by atoms with Crippen molar-refractivity contribution in [1.29, 1.82) is 0 Å². The van der Waals surface area contributed by atoms with Crippen LogP contribution in [0.4, 0.5) is 16.8 Å². The maximum atomic E-state index is 4.87. The van der Waals surface area contributed by atoms with Crippen LogP contribution in [0.2, 0.25) is 0 Å². The molecule has 0 bridgehead atoms. The normalized spacial score (nSPS) is 15.3. The zero-order chi connectivity index (χ0) is 18.6. The van der Waals surface area contributed by atoms with Crippen LogP contribution in [0.25, 0.3) is 11.0 Å². The highest BCUT2D eigenvalue weighted by Gasteiger charge is 2.18. The highest BCUT2D eigenvalue weighted by atomic mass is 32.1. The second-order valence-electron chi connectivity index (χ2n) is 7.43. The van der Waals surface area contributed by atoms with Gasteiger partial charge in [0.1, 0.15) is 10.5 Å². The molecule has 3 aromatic heterocycles. The number of hydrogen-bond donors (Lipinski definition) is 2. The van der Waals surface area contributed by atoms with Crippen molar-refractivity contribution in [3.63, 3.8) is 0 Å². The number of aromatic nitrogens is 4. The average molecular weight is 385 g/mol. The number of unbranched alkanes of at least 4 members (excludes halogenated alkanes) is 1. The Bertz CT molecular complexity index is 893. The Balaban J connectivity index is 1.68. The van der Waals surface area contributed by atoms with Gasteiger partial charge >= 0.3 is 0 Å². The van der Waals surface area contributed by atoms with E-state index in [0.717, 1.165) is 40.5 Å². The molecule has 3 heterocycles. The molecule has 0 aromatic carbocycles. The first-order valence-corrected chi connectivity index (χ1v) is 10.8. The molecule has 144 valence electrons. The lowest BCUT2D eigenvalue weighted by Gasteiger charge is -2.24. The van der Waals surface area contributed by atoms with E-state index in [-0.39, 0.29) is 0 Å². The molecule has 4 rings (SSSR count). The highest BCUT2D eigenvalue weighted by Crippen LogP contribution is 2.29. The topological polar surface area (TPSA) is 67.7 Å². The van der Waals surface area contributed by atoms with Crippen molar-refractivity contribution in [2.75, 3.05) is 10.6 Å². The van der Waals surface area contributed by atoms with E-state index in [0.29, 0.717) is 12.0 Å². The van der Waals surface area contributed by atoms with Crippen LogP contribution in [0, 0.1) is 6.92 Å². The van der Waals surface area contributed by atoms with Crippen molar-refractivity contribution >= 4 is 39.3 Å². The van der Waals surface area contributed by atoms with Gasteiger partial charge in [-0.1, -0.05) is 32.6 Å².